The highest BCUT2D eigenvalue weighted by molar-refractivity contribution is 9.10. The first-order valence-corrected chi connectivity index (χ1v) is 5.85. The van der Waals surface area contributed by atoms with Crippen LogP contribution in [-0.4, -0.2) is 23.7 Å². The largest absolute Gasteiger partial charge is 0.398 e. The van der Waals surface area contributed by atoms with E-state index in [9.17, 15) is 4.79 Å². The summed E-state index contributed by atoms with van der Waals surface area (Å²) in [5.74, 6) is -0.236. The summed E-state index contributed by atoms with van der Waals surface area (Å²) in [6.45, 7) is 1.83. The van der Waals surface area contributed by atoms with Crippen molar-refractivity contribution < 1.29 is 9.90 Å². The van der Waals surface area contributed by atoms with Crippen LogP contribution < -0.4 is 11.1 Å². The summed E-state index contributed by atoms with van der Waals surface area (Å²) in [5, 5.41) is 11.7. The fourth-order valence-corrected chi connectivity index (χ4v) is 1.71. The Morgan fingerprint density at radius 1 is 1.62 bits per heavy atom. The van der Waals surface area contributed by atoms with Crippen LogP contribution in [0.15, 0.2) is 22.7 Å². The number of carbonyl (C=O) groups excluding carboxylic acids is 1. The molecule has 0 radical (unpaired) electrons. The van der Waals surface area contributed by atoms with Gasteiger partial charge in [-0.1, -0.05) is 13.0 Å². The highest BCUT2D eigenvalue weighted by Crippen LogP contribution is 2.23. The fraction of sp³-hybridized carbons (Fsp3) is 0.364. The van der Waals surface area contributed by atoms with Crippen molar-refractivity contribution in [2.75, 3.05) is 12.3 Å². The molecule has 4 N–H and O–H groups in total. The summed E-state index contributed by atoms with van der Waals surface area (Å²) in [6.07, 6.45) is 0.683. The quantitative estimate of drug-likeness (QED) is 0.735. The Morgan fingerprint density at radius 3 is 2.88 bits per heavy atom. The number of nitrogens with two attached hydrogens (primary N) is 1. The van der Waals surface area contributed by atoms with Gasteiger partial charge in [0.15, 0.2) is 0 Å². The second-order valence-corrected chi connectivity index (χ2v) is 4.26. The van der Waals surface area contributed by atoms with E-state index in [0.717, 1.165) is 0 Å². The van der Waals surface area contributed by atoms with Crippen molar-refractivity contribution in [3.05, 3.63) is 28.2 Å². The number of anilines is 1. The second kappa shape index (κ2) is 5.86. The first-order valence-electron chi connectivity index (χ1n) is 5.05. The molecule has 0 aliphatic carbocycles. The van der Waals surface area contributed by atoms with Crippen LogP contribution in [0.3, 0.4) is 0 Å². The molecule has 0 aromatic heterocycles. The zero-order valence-corrected chi connectivity index (χ0v) is 10.6. The van der Waals surface area contributed by atoms with Gasteiger partial charge in [0.25, 0.3) is 5.91 Å². The monoisotopic (exact) mass is 286 g/mol. The third kappa shape index (κ3) is 2.96. The van der Waals surface area contributed by atoms with Crippen molar-refractivity contribution in [3.8, 4) is 0 Å². The van der Waals surface area contributed by atoms with Gasteiger partial charge in [0, 0.05) is 5.69 Å². The van der Waals surface area contributed by atoms with Gasteiger partial charge in [-0.05, 0) is 34.5 Å². The molecule has 1 atom stereocenters. The number of carbonyl (C=O) groups is 1. The molecule has 0 heterocycles. The lowest BCUT2D eigenvalue weighted by molar-refractivity contribution is 0.0914. The number of nitrogens with one attached hydrogen (secondary N) is 1. The predicted molar refractivity (Wildman–Crippen MR) is 67.2 cm³/mol. The summed E-state index contributed by atoms with van der Waals surface area (Å²) in [4.78, 5) is 11.8. The Labute approximate surface area is 103 Å². The van der Waals surface area contributed by atoms with Crippen LogP contribution in [0.4, 0.5) is 5.69 Å². The van der Waals surface area contributed by atoms with Crippen molar-refractivity contribution >= 4 is 27.5 Å². The average molecular weight is 287 g/mol. The first kappa shape index (κ1) is 13.0. The third-order valence-corrected chi connectivity index (χ3v) is 3.21. The molecule has 4 nitrogen and oxygen atoms in total. The minimum Gasteiger partial charge on any atom is -0.398 e. The van der Waals surface area contributed by atoms with Gasteiger partial charge in [0.2, 0.25) is 0 Å². The molecule has 1 unspecified atom stereocenters. The molecule has 1 aromatic rings. The van der Waals surface area contributed by atoms with E-state index in [0.29, 0.717) is 22.1 Å². The topological polar surface area (TPSA) is 75.3 Å². The Morgan fingerprint density at radius 2 is 2.31 bits per heavy atom. The normalized spacial score (nSPS) is 12.2. The standard InChI is InChI=1S/C11H15BrN2O2/c1-2-7(6-15)14-11(16)8-4-3-5-9(13)10(8)12/h3-5,7,15H,2,6,13H2,1H3,(H,14,16). The summed E-state index contributed by atoms with van der Waals surface area (Å²) >= 11 is 3.27. The number of rotatable bonds is 4. The molecule has 0 spiro atoms. The molecule has 1 aromatic carbocycles. The maximum atomic E-state index is 11.8. The van der Waals surface area contributed by atoms with Gasteiger partial charge >= 0.3 is 0 Å². The van der Waals surface area contributed by atoms with Gasteiger partial charge in [-0.3, -0.25) is 4.79 Å². The number of halogens is 1. The van der Waals surface area contributed by atoms with Crippen molar-refractivity contribution in [1.82, 2.24) is 5.32 Å². The number of hydrogen-bond donors (Lipinski definition) is 3. The minimum atomic E-state index is -0.236. The minimum absolute atomic E-state index is 0.0673. The van der Waals surface area contributed by atoms with E-state index in [1.54, 1.807) is 18.2 Å². The van der Waals surface area contributed by atoms with Crippen LogP contribution in [0, 0.1) is 0 Å². The molecule has 0 bridgehead atoms. The van der Waals surface area contributed by atoms with Gasteiger partial charge in [0.1, 0.15) is 0 Å². The predicted octanol–water partition coefficient (Wildman–Crippen LogP) is 1.53. The number of aliphatic hydroxyl groups excluding tert-OH is 1. The Hall–Kier alpha value is -1.07. The SMILES string of the molecule is CCC(CO)NC(=O)c1cccc(N)c1Br. The van der Waals surface area contributed by atoms with Crippen molar-refractivity contribution in [1.29, 1.82) is 0 Å². The number of amides is 1. The molecule has 88 valence electrons. The smallest absolute Gasteiger partial charge is 0.252 e. The molecule has 0 aliphatic rings. The van der Waals surface area contributed by atoms with Crippen LogP contribution in [0.1, 0.15) is 23.7 Å². The molecule has 0 saturated carbocycles. The van der Waals surface area contributed by atoms with Crippen molar-refractivity contribution in [2.24, 2.45) is 0 Å². The zero-order chi connectivity index (χ0) is 12.1. The number of hydrogen-bond acceptors (Lipinski definition) is 3. The molecule has 0 saturated heterocycles. The average Bonchev–Trinajstić information content (AvgIpc) is 2.29. The molecule has 0 aliphatic heterocycles. The highest BCUT2D eigenvalue weighted by atomic mass is 79.9. The molecular weight excluding hydrogens is 272 g/mol. The van der Waals surface area contributed by atoms with Gasteiger partial charge in [-0.2, -0.15) is 0 Å². The molecule has 1 amide bonds. The fourth-order valence-electron chi connectivity index (χ4n) is 1.27. The molecule has 5 heteroatoms. The third-order valence-electron chi connectivity index (χ3n) is 2.32. The number of nitrogen functional groups attached to an aromatic ring is 1. The molecule has 16 heavy (non-hydrogen) atoms. The molecule has 1 rings (SSSR count). The zero-order valence-electron chi connectivity index (χ0n) is 9.03. The molecular formula is C11H15BrN2O2. The van der Waals surface area contributed by atoms with E-state index in [1.165, 1.54) is 0 Å². The lowest BCUT2D eigenvalue weighted by atomic mass is 10.1. The van der Waals surface area contributed by atoms with E-state index in [-0.39, 0.29) is 18.6 Å². The lowest BCUT2D eigenvalue weighted by Crippen LogP contribution is -2.37. The van der Waals surface area contributed by atoms with Gasteiger partial charge in [-0.15, -0.1) is 0 Å². The summed E-state index contributed by atoms with van der Waals surface area (Å²) in [7, 11) is 0. The van der Waals surface area contributed by atoms with Crippen LogP contribution in [-0.2, 0) is 0 Å². The van der Waals surface area contributed by atoms with Gasteiger partial charge in [-0.25, -0.2) is 0 Å². The Bertz CT molecular complexity index is 378. The number of aliphatic hydroxyl groups is 1. The maximum absolute atomic E-state index is 11.8. The summed E-state index contributed by atoms with van der Waals surface area (Å²) in [5.41, 5.74) is 6.67. The summed E-state index contributed by atoms with van der Waals surface area (Å²) in [6, 6.07) is 4.89. The second-order valence-electron chi connectivity index (χ2n) is 3.47. The van der Waals surface area contributed by atoms with Crippen molar-refractivity contribution in [2.45, 2.75) is 19.4 Å². The van der Waals surface area contributed by atoms with Crippen LogP contribution in [0.2, 0.25) is 0 Å². The van der Waals surface area contributed by atoms with Gasteiger partial charge < -0.3 is 16.2 Å². The van der Waals surface area contributed by atoms with Crippen LogP contribution in [0.5, 0.6) is 0 Å². The number of benzene rings is 1. The maximum Gasteiger partial charge on any atom is 0.252 e. The van der Waals surface area contributed by atoms with E-state index >= 15 is 0 Å². The van der Waals surface area contributed by atoms with E-state index in [1.807, 2.05) is 6.92 Å². The lowest BCUT2D eigenvalue weighted by Gasteiger charge is -2.15. The molecule has 0 fully saturated rings. The van der Waals surface area contributed by atoms with Crippen molar-refractivity contribution in [3.63, 3.8) is 0 Å². The first-order chi connectivity index (χ1) is 7.60. The van der Waals surface area contributed by atoms with E-state index < -0.39 is 0 Å². The Kier molecular flexibility index (Phi) is 4.76. The summed E-state index contributed by atoms with van der Waals surface area (Å²) < 4.78 is 0.584. The van der Waals surface area contributed by atoms with Crippen LogP contribution >= 0.6 is 15.9 Å². The Balaban J connectivity index is 2.84. The van der Waals surface area contributed by atoms with Crippen LogP contribution in [0.25, 0.3) is 0 Å². The van der Waals surface area contributed by atoms with E-state index in [2.05, 4.69) is 21.2 Å². The van der Waals surface area contributed by atoms with E-state index in [4.69, 9.17) is 10.8 Å². The van der Waals surface area contributed by atoms with Gasteiger partial charge in [0.05, 0.1) is 22.7 Å². The highest BCUT2D eigenvalue weighted by Gasteiger charge is 2.14.